The van der Waals surface area contributed by atoms with Gasteiger partial charge in [0.1, 0.15) is 5.78 Å². The average molecular weight is 425 g/mol. The Balaban J connectivity index is 1.55. The van der Waals surface area contributed by atoms with Gasteiger partial charge in [-0.2, -0.15) is 0 Å². The van der Waals surface area contributed by atoms with Crippen LogP contribution < -0.4 is 0 Å². The maximum absolute atomic E-state index is 12.9. The summed E-state index contributed by atoms with van der Waals surface area (Å²) >= 11 is 0. The second-order valence-corrected chi connectivity index (χ2v) is 15.0. The standard InChI is InChI=1S/C30H48O/c1-25(2)17-18-27(5)20(19-25)11-15-29(7)22(27)9-10-23-28(6)14-13-24(31)26(3,4)21(28)12-16-30(23,29)8/h11,21-23H,9-10,12-19H2,1-8H3/t21-,22+,23+,27-,28-,29+,30+/m0/s1. The van der Waals surface area contributed by atoms with Crippen LogP contribution in [0.1, 0.15) is 120 Å². The molecular formula is C30H48O. The van der Waals surface area contributed by atoms with Crippen LogP contribution >= 0.6 is 0 Å². The summed E-state index contributed by atoms with van der Waals surface area (Å²) in [5, 5.41) is 0. The molecule has 5 aliphatic carbocycles. The summed E-state index contributed by atoms with van der Waals surface area (Å²) in [6, 6.07) is 0. The van der Waals surface area contributed by atoms with Crippen molar-refractivity contribution in [3.05, 3.63) is 11.6 Å². The molecule has 7 atom stereocenters. The van der Waals surface area contributed by atoms with Crippen LogP contribution in [0.4, 0.5) is 0 Å². The lowest BCUT2D eigenvalue weighted by atomic mass is 9.32. The molecule has 0 bridgehead atoms. The Morgan fingerprint density at radius 1 is 0.742 bits per heavy atom. The van der Waals surface area contributed by atoms with Crippen molar-refractivity contribution in [3.8, 4) is 0 Å². The predicted octanol–water partition coefficient (Wildman–Crippen LogP) is 8.38. The van der Waals surface area contributed by atoms with Gasteiger partial charge in [0.15, 0.2) is 0 Å². The average Bonchev–Trinajstić information content (AvgIpc) is 2.67. The van der Waals surface area contributed by atoms with Crippen molar-refractivity contribution in [2.75, 3.05) is 0 Å². The molecule has 31 heavy (non-hydrogen) atoms. The number of carbonyl (C=O) groups is 1. The van der Waals surface area contributed by atoms with Gasteiger partial charge in [-0.25, -0.2) is 0 Å². The zero-order valence-corrected chi connectivity index (χ0v) is 21.8. The van der Waals surface area contributed by atoms with E-state index in [0.717, 1.165) is 24.7 Å². The minimum atomic E-state index is -0.132. The minimum absolute atomic E-state index is 0.132. The Bertz CT molecular complexity index is 831. The molecule has 0 radical (unpaired) electrons. The quantitative estimate of drug-likeness (QED) is 0.357. The summed E-state index contributed by atoms with van der Waals surface area (Å²) in [7, 11) is 0. The van der Waals surface area contributed by atoms with Crippen molar-refractivity contribution in [1.82, 2.24) is 0 Å². The van der Waals surface area contributed by atoms with Crippen molar-refractivity contribution in [3.63, 3.8) is 0 Å². The molecule has 4 fully saturated rings. The SMILES string of the molecule is CC1(C)CC[C@@]2(C)C(=CC[C@]3(C)[C@@H]2CC[C@@H]2[C@@]4(C)CCC(=O)C(C)(C)[C@@H]4CC[C@]23C)C1. The summed E-state index contributed by atoms with van der Waals surface area (Å²) in [4.78, 5) is 12.9. The van der Waals surface area contributed by atoms with Crippen molar-refractivity contribution < 1.29 is 4.79 Å². The third kappa shape index (κ3) is 2.64. The molecule has 0 aliphatic heterocycles. The Morgan fingerprint density at radius 3 is 2.13 bits per heavy atom. The van der Waals surface area contributed by atoms with E-state index in [-0.39, 0.29) is 5.41 Å². The third-order valence-electron chi connectivity index (χ3n) is 12.9. The molecule has 0 aromatic heterocycles. The van der Waals surface area contributed by atoms with E-state index in [1.807, 2.05) is 0 Å². The van der Waals surface area contributed by atoms with E-state index in [2.05, 4.69) is 61.5 Å². The summed E-state index contributed by atoms with van der Waals surface area (Å²) in [5.74, 6) is 2.70. The molecule has 0 spiro atoms. The second-order valence-electron chi connectivity index (χ2n) is 15.0. The highest BCUT2D eigenvalue weighted by Gasteiger charge is 2.69. The van der Waals surface area contributed by atoms with Crippen LogP contribution in [-0.4, -0.2) is 5.78 Å². The molecule has 0 N–H and O–H groups in total. The maximum Gasteiger partial charge on any atom is 0.138 e. The Hall–Kier alpha value is -0.590. The number of hydrogen-bond acceptors (Lipinski definition) is 1. The summed E-state index contributed by atoms with van der Waals surface area (Å²) in [6.07, 6.45) is 15.4. The number of hydrogen-bond donors (Lipinski definition) is 0. The van der Waals surface area contributed by atoms with Gasteiger partial charge in [-0.3, -0.25) is 4.79 Å². The van der Waals surface area contributed by atoms with Crippen LogP contribution in [0, 0.1) is 50.2 Å². The first kappa shape index (κ1) is 22.2. The van der Waals surface area contributed by atoms with E-state index in [4.69, 9.17) is 0 Å². The maximum atomic E-state index is 12.9. The van der Waals surface area contributed by atoms with E-state index >= 15 is 0 Å². The van der Waals surface area contributed by atoms with Crippen LogP contribution in [0.15, 0.2) is 11.6 Å². The lowest BCUT2D eigenvalue weighted by Crippen LogP contribution is -2.66. The molecule has 0 aromatic rings. The molecule has 5 rings (SSSR count). The summed E-state index contributed by atoms with van der Waals surface area (Å²) in [5.41, 5.74) is 3.69. The number of ketones is 1. The van der Waals surface area contributed by atoms with Gasteiger partial charge in [0.05, 0.1) is 0 Å². The monoisotopic (exact) mass is 424 g/mol. The van der Waals surface area contributed by atoms with Gasteiger partial charge >= 0.3 is 0 Å². The number of Topliss-reactive ketones (excluding diaryl/α,β-unsaturated/α-hetero) is 1. The Morgan fingerprint density at radius 2 is 1.42 bits per heavy atom. The van der Waals surface area contributed by atoms with Gasteiger partial charge < -0.3 is 0 Å². The van der Waals surface area contributed by atoms with E-state index in [0.29, 0.717) is 38.8 Å². The molecule has 1 nitrogen and oxygen atoms in total. The van der Waals surface area contributed by atoms with E-state index in [9.17, 15) is 4.79 Å². The molecule has 174 valence electrons. The Labute approximate surface area is 192 Å². The van der Waals surface area contributed by atoms with Crippen molar-refractivity contribution in [1.29, 1.82) is 0 Å². The molecule has 0 aromatic carbocycles. The molecule has 0 saturated heterocycles. The van der Waals surface area contributed by atoms with Crippen LogP contribution in [0.2, 0.25) is 0 Å². The Kier molecular flexibility index (Phi) is 4.51. The third-order valence-corrected chi connectivity index (χ3v) is 12.9. The van der Waals surface area contributed by atoms with Crippen LogP contribution in [-0.2, 0) is 4.79 Å². The smallest absolute Gasteiger partial charge is 0.138 e. The van der Waals surface area contributed by atoms with Crippen molar-refractivity contribution >= 4 is 5.78 Å². The molecule has 5 aliphatic rings. The largest absolute Gasteiger partial charge is 0.299 e. The highest BCUT2D eigenvalue weighted by Crippen LogP contribution is 2.76. The van der Waals surface area contributed by atoms with Gasteiger partial charge in [0.25, 0.3) is 0 Å². The van der Waals surface area contributed by atoms with Crippen LogP contribution in [0.3, 0.4) is 0 Å². The summed E-state index contributed by atoms with van der Waals surface area (Å²) < 4.78 is 0. The fourth-order valence-corrected chi connectivity index (χ4v) is 10.7. The highest BCUT2D eigenvalue weighted by molar-refractivity contribution is 5.85. The van der Waals surface area contributed by atoms with E-state index < -0.39 is 0 Å². The molecular weight excluding hydrogens is 376 g/mol. The zero-order chi connectivity index (χ0) is 22.7. The zero-order valence-electron chi connectivity index (χ0n) is 21.8. The first-order valence-electron chi connectivity index (χ1n) is 13.4. The minimum Gasteiger partial charge on any atom is -0.299 e. The lowest BCUT2D eigenvalue weighted by molar-refractivity contribution is -0.221. The van der Waals surface area contributed by atoms with Gasteiger partial charge in [-0.05, 0) is 103 Å². The fourth-order valence-electron chi connectivity index (χ4n) is 10.7. The first-order valence-corrected chi connectivity index (χ1v) is 13.4. The molecule has 1 heteroatoms. The van der Waals surface area contributed by atoms with Crippen LogP contribution in [0.25, 0.3) is 0 Å². The highest BCUT2D eigenvalue weighted by atomic mass is 16.1. The number of rotatable bonds is 0. The van der Waals surface area contributed by atoms with Gasteiger partial charge in [-0.1, -0.05) is 67.0 Å². The predicted molar refractivity (Wildman–Crippen MR) is 130 cm³/mol. The summed E-state index contributed by atoms with van der Waals surface area (Å²) in [6.45, 7) is 20.2. The van der Waals surface area contributed by atoms with Crippen molar-refractivity contribution in [2.45, 2.75) is 120 Å². The normalized spacial score (nSPS) is 52.8. The van der Waals surface area contributed by atoms with E-state index in [1.165, 1.54) is 51.4 Å². The number of allylic oxidation sites excluding steroid dienone is 2. The topological polar surface area (TPSA) is 17.1 Å². The second kappa shape index (κ2) is 6.29. The molecule has 4 saturated carbocycles. The molecule has 0 heterocycles. The number of fused-ring (bicyclic) bond motifs is 7. The molecule has 0 unspecified atom stereocenters. The van der Waals surface area contributed by atoms with Gasteiger partial charge in [0.2, 0.25) is 0 Å². The first-order chi connectivity index (χ1) is 14.2. The van der Waals surface area contributed by atoms with E-state index in [1.54, 1.807) is 5.57 Å². The lowest BCUT2D eigenvalue weighted by Gasteiger charge is -2.72. The van der Waals surface area contributed by atoms with Gasteiger partial charge in [-0.15, -0.1) is 0 Å². The number of carbonyl (C=O) groups excluding carboxylic acids is 1. The molecule has 0 amide bonds. The van der Waals surface area contributed by atoms with Crippen LogP contribution in [0.5, 0.6) is 0 Å². The van der Waals surface area contributed by atoms with Gasteiger partial charge in [0, 0.05) is 11.8 Å². The van der Waals surface area contributed by atoms with Crippen molar-refractivity contribution in [2.24, 2.45) is 50.2 Å². The fraction of sp³-hybridized carbons (Fsp3) is 0.900.